The molecule has 0 saturated carbocycles. The molecule has 3 atom stereocenters. The van der Waals surface area contributed by atoms with E-state index in [1.54, 1.807) is 0 Å². The van der Waals surface area contributed by atoms with Gasteiger partial charge in [-0.25, -0.2) is 13.2 Å². The Kier molecular flexibility index (Phi) is 4.54. The first-order chi connectivity index (χ1) is 11.7. The summed E-state index contributed by atoms with van der Waals surface area (Å²) in [6, 6.07) is -0.997. The largest absolute Gasteiger partial charge is 0.480 e. The van der Waals surface area contributed by atoms with Gasteiger partial charge < -0.3 is 14.7 Å². The number of carboxylic acids is 1. The summed E-state index contributed by atoms with van der Waals surface area (Å²) in [7, 11) is -2.53. The monoisotopic (exact) mass is 392 g/mol. The molecule has 2 fully saturated rings. The smallest absolute Gasteiger partial charge is 0.326 e. The number of rotatable bonds is 4. The molecule has 0 aromatic carbocycles. The molecule has 138 valence electrons. The summed E-state index contributed by atoms with van der Waals surface area (Å²) in [4.78, 5) is 38.6. The molecule has 2 amide bonds. The molecule has 0 aromatic rings. The molecule has 3 aliphatic rings. The van der Waals surface area contributed by atoms with E-state index in [-0.39, 0.29) is 23.7 Å². The highest BCUT2D eigenvalue weighted by molar-refractivity contribution is 7.92. The molecule has 2 saturated heterocycles. The summed E-state index contributed by atoms with van der Waals surface area (Å²) in [6.45, 7) is 0.224. The molecule has 3 heterocycles. The van der Waals surface area contributed by atoms with Gasteiger partial charge in [0.2, 0.25) is 0 Å². The molecule has 3 aliphatic heterocycles. The number of halogens is 1. The van der Waals surface area contributed by atoms with Gasteiger partial charge in [0.15, 0.2) is 21.3 Å². The molecule has 1 N–H and O–H groups in total. The molecule has 9 nitrogen and oxygen atoms in total. The van der Waals surface area contributed by atoms with Crippen molar-refractivity contribution in [3.63, 3.8) is 0 Å². The molecule has 11 heteroatoms. The van der Waals surface area contributed by atoms with Crippen LogP contribution in [0.4, 0.5) is 0 Å². The van der Waals surface area contributed by atoms with Crippen LogP contribution in [-0.4, -0.2) is 83.9 Å². The maximum Gasteiger partial charge on any atom is 0.326 e. The highest BCUT2D eigenvalue weighted by Gasteiger charge is 2.60. The minimum atomic E-state index is -3.75. The van der Waals surface area contributed by atoms with E-state index in [1.165, 1.54) is 7.11 Å². The van der Waals surface area contributed by atoms with Crippen molar-refractivity contribution in [2.24, 2.45) is 0 Å². The van der Waals surface area contributed by atoms with Crippen LogP contribution in [0.25, 0.3) is 0 Å². The number of β-lactam (4-membered cyclic amide) rings is 1. The predicted molar refractivity (Wildman–Crippen MR) is 85.3 cm³/mol. The first-order valence-electron chi connectivity index (χ1n) is 7.63. The van der Waals surface area contributed by atoms with Crippen LogP contribution in [0, 0.1) is 0 Å². The van der Waals surface area contributed by atoms with Crippen LogP contribution in [0.5, 0.6) is 0 Å². The summed E-state index contributed by atoms with van der Waals surface area (Å²) in [5, 5.41) is 7.99. The van der Waals surface area contributed by atoms with Gasteiger partial charge in [-0.3, -0.25) is 14.5 Å². The zero-order valence-corrected chi connectivity index (χ0v) is 14.9. The van der Waals surface area contributed by atoms with Gasteiger partial charge in [-0.1, -0.05) is 0 Å². The Hall–Kier alpha value is -1.65. The molecule has 0 unspecified atom stereocenters. The van der Waals surface area contributed by atoms with Crippen LogP contribution in [0.15, 0.2) is 11.3 Å². The summed E-state index contributed by atoms with van der Waals surface area (Å²) in [5.74, 6) is -3.17. The van der Waals surface area contributed by atoms with Gasteiger partial charge in [0.1, 0.15) is 11.7 Å². The average Bonchev–Trinajstić information content (AvgIpc) is 3.04. The van der Waals surface area contributed by atoms with Crippen molar-refractivity contribution < 1.29 is 32.6 Å². The number of nitrogens with zero attached hydrogens (tertiary/aromatic N) is 2. The second kappa shape index (κ2) is 6.26. The molecular formula is C14H17ClN2O7S. The van der Waals surface area contributed by atoms with E-state index in [9.17, 15) is 27.9 Å². The van der Waals surface area contributed by atoms with Gasteiger partial charge in [0.25, 0.3) is 11.8 Å². The lowest BCUT2D eigenvalue weighted by molar-refractivity contribution is -0.162. The van der Waals surface area contributed by atoms with Gasteiger partial charge in [-0.15, -0.1) is 11.6 Å². The first-order valence-corrected chi connectivity index (χ1v) is 9.88. The highest BCUT2D eigenvalue weighted by Crippen LogP contribution is 2.39. The topological polar surface area (TPSA) is 121 Å². The second-order valence-electron chi connectivity index (χ2n) is 6.14. The number of carbonyl (C=O) groups is 3. The van der Waals surface area contributed by atoms with Gasteiger partial charge in [-0.05, 0) is 18.4 Å². The molecule has 0 bridgehead atoms. The van der Waals surface area contributed by atoms with Crippen LogP contribution >= 0.6 is 11.6 Å². The lowest BCUT2D eigenvalue weighted by Crippen LogP contribution is -2.71. The van der Waals surface area contributed by atoms with Crippen molar-refractivity contribution in [2.45, 2.75) is 30.4 Å². The molecule has 3 rings (SSSR count). The zero-order valence-electron chi connectivity index (χ0n) is 13.3. The maximum atomic E-state index is 12.9. The van der Waals surface area contributed by atoms with Crippen molar-refractivity contribution in [1.82, 2.24) is 9.80 Å². The number of ether oxygens (including phenoxy) is 1. The molecular weight excluding hydrogens is 376 g/mol. The average molecular weight is 393 g/mol. The van der Waals surface area contributed by atoms with E-state index in [0.717, 1.165) is 9.80 Å². The third-order valence-electron chi connectivity index (χ3n) is 4.73. The number of likely N-dealkylation sites (tertiary alicyclic amines) is 1. The molecule has 0 aliphatic carbocycles. The predicted octanol–water partition coefficient (Wildman–Crippen LogP) is -0.833. The quantitative estimate of drug-likeness (QED) is 0.489. The summed E-state index contributed by atoms with van der Waals surface area (Å²) in [6.07, 6.45) is -0.345. The fraction of sp³-hybridized carbons (Fsp3) is 0.643. The van der Waals surface area contributed by atoms with Crippen LogP contribution in [0.1, 0.15) is 12.8 Å². The van der Waals surface area contributed by atoms with Crippen LogP contribution < -0.4 is 0 Å². The van der Waals surface area contributed by atoms with Gasteiger partial charge in [-0.2, -0.15) is 0 Å². The Morgan fingerprint density at radius 1 is 1.40 bits per heavy atom. The van der Waals surface area contributed by atoms with E-state index in [1.807, 2.05) is 0 Å². The Balaban J connectivity index is 2.03. The van der Waals surface area contributed by atoms with E-state index < -0.39 is 50.9 Å². The molecule has 25 heavy (non-hydrogen) atoms. The number of aliphatic carboxylic acids is 1. The molecule has 0 spiro atoms. The van der Waals surface area contributed by atoms with E-state index >= 15 is 0 Å². The van der Waals surface area contributed by atoms with Gasteiger partial charge in [0, 0.05) is 19.5 Å². The Bertz CT molecular complexity index is 778. The summed E-state index contributed by atoms with van der Waals surface area (Å²) < 4.78 is 29.7. The molecule has 0 aromatic heterocycles. The SMILES string of the molecule is CO[C@H]1C(=O)N2C(C(=O)N3CCC[C@H]3C(=O)O)=C(CCl)CS(=O)(=O)[C@H]12. The number of methoxy groups -OCH3 is 1. The number of amides is 2. The van der Waals surface area contributed by atoms with E-state index in [4.69, 9.17) is 16.3 Å². The number of carbonyl (C=O) groups excluding carboxylic acids is 2. The van der Waals surface area contributed by atoms with Crippen molar-refractivity contribution in [2.75, 3.05) is 25.3 Å². The van der Waals surface area contributed by atoms with Crippen molar-refractivity contribution in [3.8, 4) is 0 Å². The second-order valence-corrected chi connectivity index (χ2v) is 8.51. The van der Waals surface area contributed by atoms with Crippen molar-refractivity contribution in [3.05, 3.63) is 11.3 Å². The van der Waals surface area contributed by atoms with E-state index in [0.29, 0.717) is 12.8 Å². The first kappa shape index (κ1) is 18.2. The third-order valence-corrected chi connectivity index (χ3v) is 7.00. The normalized spacial score (nSPS) is 31.0. The fourth-order valence-electron chi connectivity index (χ4n) is 3.57. The number of sulfone groups is 1. The standard InChI is InChI=1S/C14H17ClN2O7S/c1-24-10-12(19)17-9(7(5-15)6-25(22,23)13(10)17)11(18)16-4-2-3-8(16)14(20)21/h8,10,13H,2-6H2,1H3,(H,20,21)/t8-,10-,13+/m0/s1. The van der Waals surface area contributed by atoms with Gasteiger partial charge >= 0.3 is 5.97 Å². The number of carboxylic acid groups (broad SMARTS) is 1. The van der Waals surface area contributed by atoms with Crippen LogP contribution in [0.2, 0.25) is 0 Å². The van der Waals surface area contributed by atoms with Gasteiger partial charge in [0.05, 0.1) is 5.75 Å². The summed E-state index contributed by atoms with van der Waals surface area (Å²) in [5.41, 5.74) is -0.0249. The Morgan fingerprint density at radius 2 is 2.08 bits per heavy atom. The van der Waals surface area contributed by atoms with Crippen molar-refractivity contribution in [1.29, 1.82) is 0 Å². The molecule has 0 radical (unpaired) electrons. The highest BCUT2D eigenvalue weighted by atomic mass is 35.5. The lowest BCUT2D eigenvalue weighted by atomic mass is 10.0. The lowest BCUT2D eigenvalue weighted by Gasteiger charge is -2.49. The Morgan fingerprint density at radius 3 is 2.64 bits per heavy atom. The number of hydrogen-bond acceptors (Lipinski definition) is 6. The fourth-order valence-corrected chi connectivity index (χ4v) is 5.93. The Labute approximate surface area is 149 Å². The number of alkyl halides is 1. The third kappa shape index (κ3) is 2.63. The zero-order chi connectivity index (χ0) is 18.5. The minimum absolute atomic E-state index is 0.0989. The maximum absolute atomic E-state index is 12.9. The van der Waals surface area contributed by atoms with Crippen LogP contribution in [0.3, 0.4) is 0 Å². The minimum Gasteiger partial charge on any atom is -0.480 e. The number of fused-ring (bicyclic) bond motifs is 1. The van der Waals surface area contributed by atoms with Crippen LogP contribution in [-0.2, 0) is 29.0 Å². The summed E-state index contributed by atoms with van der Waals surface area (Å²) >= 11 is 5.83. The van der Waals surface area contributed by atoms with E-state index in [2.05, 4.69) is 0 Å². The van der Waals surface area contributed by atoms with Crippen molar-refractivity contribution >= 4 is 39.2 Å². The number of hydrogen-bond donors (Lipinski definition) is 1.